The highest BCUT2D eigenvalue weighted by molar-refractivity contribution is 7.45. The molecule has 0 aliphatic carbocycles. The van der Waals surface area contributed by atoms with Crippen LogP contribution in [0.1, 0.15) is 450 Å². The normalized spacial score (nSPS) is 13.0. The molecule has 0 radical (unpaired) electrons. The van der Waals surface area contributed by atoms with Gasteiger partial charge in [0.1, 0.15) is 19.8 Å². The van der Waals surface area contributed by atoms with Gasteiger partial charge in [0.2, 0.25) is 0 Å². The summed E-state index contributed by atoms with van der Waals surface area (Å²) in [6, 6.07) is 0. The lowest BCUT2D eigenvalue weighted by Crippen LogP contribution is -2.37. The molecule has 10 heteroatoms. The van der Waals surface area contributed by atoms with Crippen LogP contribution in [0.5, 0.6) is 0 Å². The zero-order valence-corrected chi connectivity index (χ0v) is 64.9. The molecule has 0 spiro atoms. The van der Waals surface area contributed by atoms with Gasteiger partial charge in [-0.1, -0.05) is 417 Å². The molecule has 9 nitrogen and oxygen atoms in total. The number of nitrogens with zero attached hydrogens (tertiary/aromatic N) is 1. The van der Waals surface area contributed by atoms with Crippen LogP contribution in [0.25, 0.3) is 0 Å². The summed E-state index contributed by atoms with van der Waals surface area (Å²) >= 11 is 0. The molecular formula is C84H164NO8P. The smallest absolute Gasteiger partial charge is 0.306 e. The van der Waals surface area contributed by atoms with E-state index in [9.17, 15) is 19.0 Å². The van der Waals surface area contributed by atoms with Crippen LogP contribution in [0.3, 0.4) is 0 Å². The fourth-order valence-corrected chi connectivity index (χ4v) is 13.8. The number of hydrogen-bond acceptors (Lipinski definition) is 8. The van der Waals surface area contributed by atoms with E-state index < -0.39 is 26.5 Å². The first-order valence-electron chi connectivity index (χ1n) is 42.0. The Hall–Kier alpha value is -1.51. The molecule has 0 aromatic rings. The van der Waals surface area contributed by atoms with Gasteiger partial charge in [-0.2, -0.15) is 0 Å². The lowest BCUT2D eigenvalue weighted by atomic mass is 10.0. The zero-order chi connectivity index (χ0) is 68.3. The number of ether oxygens (including phenoxy) is 2. The average molecular weight is 1350 g/mol. The number of unbranched alkanes of at least 4 members (excludes halogenated alkanes) is 62. The van der Waals surface area contributed by atoms with Crippen LogP contribution in [0.15, 0.2) is 24.3 Å². The van der Waals surface area contributed by atoms with E-state index in [-0.39, 0.29) is 32.0 Å². The van der Waals surface area contributed by atoms with Crippen molar-refractivity contribution < 1.29 is 42.1 Å². The summed E-state index contributed by atoms with van der Waals surface area (Å²) in [4.78, 5) is 38.2. The minimum atomic E-state index is -4.64. The van der Waals surface area contributed by atoms with Crippen molar-refractivity contribution in [2.45, 2.75) is 457 Å². The third-order valence-electron chi connectivity index (χ3n) is 19.5. The van der Waals surface area contributed by atoms with E-state index in [1.165, 1.54) is 379 Å². The Morgan fingerprint density at radius 3 is 0.840 bits per heavy atom. The molecule has 558 valence electrons. The van der Waals surface area contributed by atoms with Crippen LogP contribution in [0.4, 0.5) is 0 Å². The van der Waals surface area contributed by atoms with E-state index in [4.69, 9.17) is 18.5 Å². The summed E-state index contributed by atoms with van der Waals surface area (Å²) in [6.07, 6.45) is 97.6. The van der Waals surface area contributed by atoms with Crippen LogP contribution in [0, 0.1) is 0 Å². The fraction of sp³-hybridized carbons (Fsp3) is 0.929. The Morgan fingerprint density at radius 2 is 0.574 bits per heavy atom. The van der Waals surface area contributed by atoms with Gasteiger partial charge in [0.05, 0.1) is 27.7 Å². The maximum atomic E-state index is 12.9. The van der Waals surface area contributed by atoms with E-state index in [1.54, 1.807) is 0 Å². The molecule has 0 bridgehead atoms. The predicted octanol–water partition coefficient (Wildman–Crippen LogP) is 27.3. The van der Waals surface area contributed by atoms with Crippen molar-refractivity contribution in [2.75, 3.05) is 47.5 Å². The SMILES string of the molecule is CCCCCCC/C=C\C/C=C\CCCCCCCCCCCCCCCCCCCCCCCCCCCC(=O)OC(COC(=O)CCCCCCCCCCCCCCCCCCCCCCCCCCCCCCCCCCC)COP(=O)([O-])OCC[N+](C)(C)C. The molecule has 2 unspecified atom stereocenters. The number of quaternary nitrogens is 1. The number of allylic oxidation sites excluding steroid dienone is 4. The van der Waals surface area contributed by atoms with E-state index in [0.29, 0.717) is 17.4 Å². The van der Waals surface area contributed by atoms with Crippen molar-refractivity contribution in [1.82, 2.24) is 0 Å². The number of carbonyl (C=O) groups excluding carboxylic acids is 2. The van der Waals surface area contributed by atoms with Gasteiger partial charge in [-0.3, -0.25) is 14.2 Å². The van der Waals surface area contributed by atoms with Gasteiger partial charge in [0.15, 0.2) is 6.10 Å². The van der Waals surface area contributed by atoms with Crippen LogP contribution >= 0.6 is 7.82 Å². The largest absolute Gasteiger partial charge is 0.756 e. The Balaban J connectivity index is 3.87. The lowest BCUT2D eigenvalue weighted by molar-refractivity contribution is -0.870. The molecule has 0 rings (SSSR count). The van der Waals surface area contributed by atoms with Gasteiger partial charge in [-0.15, -0.1) is 0 Å². The number of esters is 2. The summed E-state index contributed by atoms with van der Waals surface area (Å²) < 4.78 is 34.5. The molecule has 0 fully saturated rings. The molecule has 0 N–H and O–H groups in total. The molecule has 0 aromatic heterocycles. The molecule has 0 aromatic carbocycles. The summed E-state index contributed by atoms with van der Waals surface area (Å²) in [5, 5.41) is 0. The first-order valence-corrected chi connectivity index (χ1v) is 43.5. The van der Waals surface area contributed by atoms with Gasteiger partial charge in [-0.05, 0) is 44.9 Å². The molecule has 0 amide bonds. The van der Waals surface area contributed by atoms with E-state index in [1.807, 2.05) is 21.1 Å². The summed E-state index contributed by atoms with van der Waals surface area (Å²) in [7, 11) is 1.20. The number of rotatable bonds is 80. The van der Waals surface area contributed by atoms with Crippen molar-refractivity contribution in [3.05, 3.63) is 24.3 Å². The van der Waals surface area contributed by atoms with Crippen LogP contribution in [0.2, 0.25) is 0 Å². The van der Waals surface area contributed by atoms with Crippen LogP contribution < -0.4 is 4.89 Å². The van der Waals surface area contributed by atoms with Gasteiger partial charge in [0, 0.05) is 12.8 Å². The second-order valence-electron chi connectivity index (χ2n) is 30.2. The quantitative estimate of drug-likeness (QED) is 0.0195. The lowest BCUT2D eigenvalue weighted by Gasteiger charge is -2.28. The molecule has 2 atom stereocenters. The van der Waals surface area contributed by atoms with Crippen molar-refractivity contribution in [2.24, 2.45) is 0 Å². The Labute approximate surface area is 587 Å². The van der Waals surface area contributed by atoms with E-state index in [0.717, 1.165) is 38.5 Å². The predicted molar refractivity (Wildman–Crippen MR) is 407 cm³/mol. The number of likely N-dealkylation sites (N-methyl/N-ethyl adjacent to an activating group) is 1. The van der Waals surface area contributed by atoms with E-state index in [2.05, 4.69) is 38.2 Å². The van der Waals surface area contributed by atoms with Gasteiger partial charge in [0.25, 0.3) is 7.82 Å². The Bertz CT molecular complexity index is 1630. The minimum absolute atomic E-state index is 0.0260. The first kappa shape index (κ1) is 92.5. The molecule has 0 aliphatic heterocycles. The van der Waals surface area contributed by atoms with Gasteiger partial charge >= 0.3 is 11.9 Å². The van der Waals surface area contributed by atoms with Crippen molar-refractivity contribution in [3.63, 3.8) is 0 Å². The highest BCUT2D eigenvalue weighted by Crippen LogP contribution is 2.38. The number of hydrogen-bond donors (Lipinski definition) is 0. The van der Waals surface area contributed by atoms with Crippen molar-refractivity contribution >= 4 is 19.8 Å². The molecule has 0 saturated heterocycles. The molecule has 94 heavy (non-hydrogen) atoms. The number of carbonyl (C=O) groups is 2. The number of phosphoric acid groups is 1. The van der Waals surface area contributed by atoms with Crippen molar-refractivity contribution in [3.8, 4) is 0 Å². The monoisotopic (exact) mass is 1350 g/mol. The third-order valence-corrected chi connectivity index (χ3v) is 20.4. The highest BCUT2D eigenvalue weighted by Gasteiger charge is 2.22. The minimum Gasteiger partial charge on any atom is -0.756 e. The second kappa shape index (κ2) is 75.7. The Morgan fingerprint density at radius 1 is 0.330 bits per heavy atom. The number of phosphoric ester groups is 1. The summed E-state index contributed by atoms with van der Waals surface area (Å²) in [5.74, 6) is -0.803. The summed E-state index contributed by atoms with van der Waals surface area (Å²) in [5.41, 5.74) is 0. The second-order valence-corrected chi connectivity index (χ2v) is 31.6. The van der Waals surface area contributed by atoms with Crippen molar-refractivity contribution in [1.29, 1.82) is 0 Å². The topological polar surface area (TPSA) is 111 Å². The highest BCUT2D eigenvalue weighted by atomic mass is 31.2. The molecule has 0 aliphatic rings. The zero-order valence-electron chi connectivity index (χ0n) is 64.0. The maximum absolute atomic E-state index is 12.9. The maximum Gasteiger partial charge on any atom is 0.306 e. The fourth-order valence-electron chi connectivity index (χ4n) is 13.0. The summed E-state index contributed by atoms with van der Waals surface area (Å²) in [6.45, 7) is 4.33. The Kier molecular flexibility index (Phi) is 74.5. The first-order chi connectivity index (χ1) is 46.0. The molecular weight excluding hydrogens is 1180 g/mol. The molecule has 0 saturated carbocycles. The molecule has 0 heterocycles. The average Bonchev–Trinajstić information content (AvgIpc) is 1.56. The standard InChI is InChI=1S/C84H164NO8P/c1-6-8-10-12-14-16-18-20-22-24-26-28-30-32-34-36-38-40-41-42-43-45-47-49-51-53-55-57-59-61-63-65-67-69-71-73-75-77-84(87)93-82(81-92-94(88,89)91-79-78-85(3,4)5)80-90-83(86)76-74-72-70-68-66-64-62-60-58-56-54-52-50-48-46-44-39-37-35-33-31-29-27-25-23-21-19-17-15-13-11-9-7-2/h18,20,24,26,82H,6-17,19,21-23,25,27-81H2,1-5H3/b20-18-,26-24-. The van der Waals surface area contributed by atoms with E-state index >= 15 is 0 Å². The van der Waals surface area contributed by atoms with Crippen LogP contribution in [-0.2, 0) is 32.7 Å². The van der Waals surface area contributed by atoms with Gasteiger partial charge < -0.3 is 27.9 Å². The van der Waals surface area contributed by atoms with Gasteiger partial charge in [-0.25, -0.2) is 0 Å². The third kappa shape index (κ3) is 79.5. The van der Waals surface area contributed by atoms with Crippen LogP contribution in [-0.4, -0.2) is 70.0 Å².